The Labute approximate surface area is 217 Å². The molecule has 2 aromatic carbocycles. The number of hydrogen-bond donors (Lipinski definition) is 0. The summed E-state index contributed by atoms with van der Waals surface area (Å²) in [5.74, 6) is -1.09. The van der Waals surface area contributed by atoms with Crippen LogP contribution < -0.4 is 14.2 Å². The van der Waals surface area contributed by atoms with Gasteiger partial charge in [-0.05, 0) is 45.1 Å². The third-order valence-corrected chi connectivity index (χ3v) is 6.84. The lowest BCUT2D eigenvalue weighted by molar-refractivity contribution is -0.142. The molecule has 2 aromatic rings. The topological polar surface area (TPSA) is 91.4 Å². The van der Waals surface area contributed by atoms with E-state index in [9.17, 15) is 14.4 Å². The standard InChI is InChI=1S/C25H27BrClNO7/c1-13(29)22-20(32-4)11-21(33-5)23(17-8-9-28(3)19(17)12-34-14(2)30)24(22)35-25(31)16-7-6-15(26)10-18(16)27/h6-7,10-11,17,19H,8-9,12H2,1-5H3/t17-,19+/m0/s1. The van der Waals surface area contributed by atoms with Gasteiger partial charge in [0.05, 0.1) is 30.8 Å². The lowest BCUT2D eigenvalue weighted by Gasteiger charge is -2.28. The van der Waals surface area contributed by atoms with Crippen molar-refractivity contribution in [2.24, 2.45) is 0 Å². The molecular weight excluding hydrogens is 542 g/mol. The van der Waals surface area contributed by atoms with Gasteiger partial charge >= 0.3 is 11.9 Å². The van der Waals surface area contributed by atoms with Gasteiger partial charge in [-0.25, -0.2) is 4.79 Å². The maximum atomic E-state index is 13.3. The second-order valence-corrected chi connectivity index (χ2v) is 9.54. The summed E-state index contributed by atoms with van der Waals surface area (Å²) in [5.41, 5.74) is 0.782. The molecule has 188 valence electrons. The average Bonchev–Trinajstić information content (AvgIpc) is 3.15. The molecule has 1 saturated heterocycles. The van der Waals surface area contributed by atoms with E-state index in [0.717, 1.165) is 0 Å². The van der Waals surface area contributed by atoms with Crippen molar-refractivity contribution in [3.63, 3.8) is 0 Å². The fourth-order valence-corrected chi connectivity index (χ4v) is 5.09. The number of carbonyl (C=O) groups excluding carboxylic acids is 3. The van der Waals surface area contributed by atoms with Crippen LogP contribution >= 0.6 is 27.5 Å². The number of methoxy groups -OCH3 is 2. The predicted octanol–water partition coefficient (Wildman–Crippen LogP) is 4.89. The number of ketones is 1. The van der Waals surface area contributed by atoms with Crippen molar-refractivity contribution in [1.82, 2.24) is 4.90 Å². The van der Waals surface area contributed by atoms with E-state index >= 15 is 0 Å². The minimum absolute atomic E-state index is 0.0470. The Bertz CT molecular complexity index is 1150. The van der Waals surface area contributed by atoms with Crippen molar-refractivity contribution in [2.75, 3.05) is 34.4 Å². The zero-order valence-corrected chi connectivity index (χ0v) is 22.5. The number of likely N-dealkylation sites (tertiary alicyclic amines) is 1. The van der Waals surface area contributed by atoms with Crippen LogP contribution in [-0.2, 0) is 9.53 Å². The number of Topliss-reactive ketones (excluding diaryl/α,β-unsaturated/α-hetero) is 1. The zero-order valence-electron chi connectivity index (χ0n) is 20.1. The van der Waals surface area contributed by atoms with E-state index < -0.39 is 11.9 Å². The quantitative estimate of drug-likeness (QED) is 0.253. The van der Waals surface area contributed by atoms with Crippen LogP contribution in [-0.4, -0.2) is 63.1 Å². The number of ether oxygens (including phenoxy) is 4. The molecule has 0 N–H and O–H groups in total. The molecule has 8 nitrogen and oxygen atoms in total. The summed E-state index contributed by atoms with van der Waals surface area (Å²) in [5, 5.41) is 0.193. The maximum Gasteiger partial charge on any atom is 0.345 e. The number of halogens is 2. The Kier molecular flexibility index (Phi) is 8.79. The van der Waals surface area contributed by atoms with E-state index in [-0.39, 0.29) is 52.0 Å². The van der Waals surface area contributed by atoms with Crippen molar-refractivity contribution in [3.8, 4) is 17.2 Å². The van der Waals surface area contributed by atoms with Gasteiger partial charge in [-0.15, -0.1) is 0 Å². The first-order valence-electron chi connectivity index (χ1n) is 10.9. The van der Waals surface area contributed by atoms with Crippen LogP contribution in [0.5, 0.6) is 17.2 Å². The minimum atomic E-state index is -0.732. The summed E-state index contributed by atoms with van der Waals surface area (Å²) in [6.45, 7) is 3.55. The van der Waals surface area contributed by atoms with Crippen LogP contribution in [0.15, 0.2) is 28.7 Å². The van der Waals surface area contributed by atoms with Crippen LogP contribution in [0.4, 0.5) is 0 Å². The van der Waals surface area contributed by atoms with Gasteiger partial charge in [-0.2, -0.15) is 0 Å². The van der Waals surface area contributed by atoms with Crippen LogP contribution in [0.25, 0.3) is 0 Å². The third kappa shape index (κ3) is 5.79. The van der Waals surface area contributed by atoms with Gasteiger partial charge in [-0.1, -0.05) is 27.5 Å². The first-order valence-corrected chi connectivity index (χ1v) is 12.1. The van der Waals surface area contributed by atoms with E-state index in [4.69, 9.17) is 30.5 Å². The van der Waals surface area contributed by atoms with E-state index in [1.807, 2.05) is 7.05 Å². The van der Waals surface area contributed by atoms with Crippen molar-refractivity contribution >= 4 is 45.3 Å². The lowest BCUT2D eigenvalue weighted by Crippen LogP contribution is -2.34. The van der Waals surface area contributed by atoms with E-state index in [0.29, 0.717) is 28.8 Å². The Morgan fingerprint density at radius 2 is 1.80 bits per heavy atom. The van der Waals surface area contributed by atoms with Crippen molar-refractivity contribution in [3.05, 3.63) is 50.5 Å². The first-order chi connectivity index (χ1) is 16.6. The monoisotopic (exact) mass is 567 g/mol. The molecule has 0 aliphatic carbocycles. The molecule has 0 aromatic heterocycles. The molecule has 3 rings (SSSR count). The van der Waals surface area contributed by atoms with Crippen LogP contribution in [0, 0.1) is 0 Å². The summed E-state index contributed by atoms with van der Waals surface area (Å²) in [6.07, 6.45) is 0.659. The van der Waals surface area contributed by atoms with E-state index in [1.165, 1.54) is 34.1 Å². The third-order valence-electron chi connectivity index (χ3n) is 6.04. The highest BCUT2D eigenvalue weighted by molar-refractivity contribution is 9.10. The second kappa shape index (κ2) is 11.4. The molecule has 1 heterocycles. The predicted molar refractivity (Wildman–Crippen MR) is 134 cm³/mol. The molecule has 0 bridgehead atoms. The number of carbonyl (C=O) groups is 3. The van der Waals surface area contributed by atoms with Gasteiger partial charge in [0, 0.05) is 28.9 Å². The Morgan fingerprint density at radius 1 is 1.11 bits per heavy atom. The van der Waals surface area contributed by atoms with Crippen molar-refractivity contribution < 1.29 is 33.3 Å². The number of rotatable bonds is 8. The van der Waals surface area contributed by atoms with Crippen LogP contribution in [0.1, 0.15) is 52.5 Å². The molecule has 35 heavy (non-hydrogen) atoms. The second-order valence-electron chi connectivity index (χ2n) is 8.21. The van der Waals surface area contributed by atoms with Crippen LogP contribution in [0.3, 0.4) is 0 Å². The van der Waals surface area contributed by atoms with Gasteiger partial charge < -0.3 is 18.9 Å². The SMILES string of the molecule is COc1cc(OC)c([C@H]2CCN(C)[C@@H]2COC(C)=O)c(OC(=O)c2ccc(Br)cc2Cl)c1C(C)=O. The Hall–Kier alpha value is -2.62. The number of likely N-dealkylation sites (N-methyl/N-ethyl adjacent to an activating group) is 1. The number of nitrogens with zero attached hydrogens (tertiary/aromatic N) is 1. The van der Waals surface area contributed by atoms with E-state index in [1.54, 1.807) is 18.2 Å². The minimum Gasteiger partial charge on any atom is -0.496 e. The highest BCUT2D eigenvalue weighted by Gasteiger charge is 2.40. The molecule has 1 aliphatic heterocycles. The molecule has 0 unspecified atom stereocenters. The van der Waals surface area contributed by atoms with Crippen LogP contribution in [0.2, 0.25) is 5.02 Å². The maximum absolute atomic E-state index is 13.3. The smallest absolute Gasteiger partial charge is 0.345 e. The van der Waals surface area contributed by atoms with E-state index in [2.05, 4.69) is 20.8 Å². The van der Waals surface area contributed by atoms with Gasteiger partial charge in [0.15, 0.2) is 11.5 Å². The summed E-state index contributed by atoms with van der Waals surface area (Å²) >= 11 is 9.61. The molecule has 0 saturated carbocycles. The normalized spacial score (nSPS) is 17.7. The summed E-state index contributed by atoms with van der Waals surface area (Å²) in [4.78, 5) is 39.6. The highest BCUT2D eigenvalue weighted by Crippen LogP contribution is 2.48. The van der Waals surface area contributed by atoms with Gasteiger partial charge in [0.2, 0.25) is 0 Å². The zero-order chi connectivity index (χ0) is 25.9. The van der Waals surface area contributed by atoms with Crippen molar-refractivity contribution in [1.29, 1.82) is 0 Å². The fraction of sp³-hybridized carbons (Fsp3) is 0.400. The Balaban J connectivity index is 2.20. The largest absolute Gasteiger partial charge is 0.496 e. The average molecular weight is 569 g/mol. The lowest BCUT2D eigenvalue weighted by atomic mass is 9.87. The summed E-state index contributed by atoms with van der Waals surface area (Å²) < 4.78 is 23.1. The molecule has 1 fully saturated rings. The molecular formula is C25H27BrClNO7. The molecule has 0 amide bonds. The molecule has 0 radical (unpaired) electrons. The van der Waals surface area contributed by atoms with Gasteiger partial charge in [0.25, 0.3) is 0 Å². The summed E-state index contributed by atoms with van der Waals surface area (Å²) in [7, 11) is 4.83. The number of hydrogen-bond acceptors (Lipinski definition) is 8. The van der Waals surface area contributed by atoms with Gasteiger partial charge in [0.1, 0.15) is 23.7 Å². The Morgan fingerprint density at radius 3 is 2.37 bits per heavy atom. The fourth-order valence-electron chi connectivity index (χ4n) is 4.34. The molecule has 2 atom stereocenters. The summed E-state index contributed by atoms with van der Waals surface area (Å²) in [6, 6.07) is 6.17. The highest BCUT2D eigenvalue weighted by atomic mass is 79.9. The molecule has 0 spiro atoms. The van der Waals surface area contributed by atoms with Crippen molar-refractivity contribution in [2.45, 2.75) is 32.2 Å². The first kappa shape index (κ1) is 27.0. The van der Waals surface area contributed by atoms with Gasteiger partial charge in [-0.3, -0.25) is 14.5 Å². The molecule has 1 aliphatic rings. The molecule has 10 heteroatoms. The number of esters is 2. The number of benzene rings is 2.